The smallest absolute Gasteiger partial charge is 0.321 e. The maximum atomic E-state index is 12.9. The van der Waals surface area contributed by atoms with E-state index in [-0.39, 0.29) is 11.6 Å². The minimum atomic E-state index is -0.901. The van der Waals surface area contributed by atoms with E-state index in [1.54, 1.807) is 0 Å². The molecule has 2 spiro atoms. The zero-order valence-corrected chi connectivity index (χ0v) is 17.7. The summed E-state index contributed by atoms with van der Waals surface area (Å²) in [5.41, 5.74) is 7.05. The van der Waals surface area contributed by atoms with Crippen molar-refractivity contribution >= 4 is 27.9 Å². The van der Waals surface area contributed by atoms with Gasteiger partial charge in [0.25, 0.3) is 0 Å². The molecule has 2 aliphatic heterocycles. The van der Waals surface area contributed by atoms with Crippen molar-refractivity contribution in [3.05, 3.63) is 45.6 Å². The second-order valence-corrected chi connectivity index (χ2v) is 9.26. The number of nitrogens with zero attached hydrogens (tertiary/aromatic N) is 1. The van der Waals surface area contributed by atoms with Crippen LogP contribution >= 0.6 is 15.9 Å². The summed E-state index contributed by atoms with van der Waals surface area (Å²) < 4.78 is 12.9. The molecule has 30 heavy (non-hydrogen) atoms. The Morgan fingerprint density at radius 1 is 1.17 bits per heavy atom. The van der Waals surface area contributed by atoms with Gasteiger partial charge in [-0.1, -0.05) is 28.1 Å². The van der Waals surface area contributed by atoms with Gasteiger partial charge in [0.2, 0.25) is 5.91 Å². The minimum absolute atomic E-state index is 0.225. The Hall–Kier alpha value is -2.41. The molecule has 0 radical (unpaired) electrons. The number of nitrogens with one attached hydrogen (secondary N) is 2. The highest BCUT2D eigenvalue weighted by Gasteiger charge is 2.65. The first-order valence-electron chi connectivity index (χ1n) is 9.95. The van der Waals surface area contributed by atoms with E-state index in [1.165, 1.54) is 0 Å². The maximum absolute atomic E-state index is 12.9. The summed E-state index contributed by atoms with van der Waals surface area (Å²) in [6, 6.07) is 9.42. The van der Waals surface area contributed by atoms with Crippen molar-refractivity contribution in [3.8, 4) is 6.07 Å². The molecule has 4 aliphatic rings. The fraction of sp³-hybridized carbons (Fsp3) is 0.476. The number of carbonyl (C=O) groups excluding carboxylic acids is 2. The molecular weight excluding hydrogens is 452 g/mol. The Labute approximate surface area is 181 Å². The predicted molar refractivity (Wildman–Crippen MR) is 109 cm³/mol. The van der Waals surface area contributed by atoms with Crippen LogP contribution in [0.2, 0.25) is 0 Å². The van der Waals surface area contributed by atoms with E-state index in [0.717, 1.165) is 10.0 Å². The third-order valence-electron chi connectivity index (χ3n) is 6.97. The summed E-state index contributed by atoms with van der Waals surface area (Å²) in [6.07, 6.45) is 1.46. The molecule has 8 nitrogen and oxygen atoms in total. The van der Waals surface area contributed by atoms with Crippen molar-refractivity contribution in [1.29, 1.82) is 5.26 Å². The predicted octanol–water partition coefficient (Wildman–Crippen LogP) is 2.02. The molecule has 1 aromatic rings. The molecule has 3 fully saturated rings. The van der Waals surface area contributed by atoms with Crippen LogP contribution in [0.15, 0.2) is 40.0 Å². The minimum Gasteiger partial charge on any atom is -0.400 e. The summed E-state index contributed by atoms with van der Waals surface area (Å²) >= 11 is 3.45. The van der Waals surface area contributed by atoms with Crippen LogP contribution in [0.25, 0.3) is 0 Å². The lowest BCUT2D eigenvalue weighted by Crippen LogP contribution is -2.74. The lowest BCUT2D eigenvalue weighted by Gasteiger charge is -2.58. The standard InChI is InChI=1S/C21H21BrN4O4/c22-12-3-1-11(2-4-12)15-13(10-23)17(24)16-18(27)25-19(28)26-21(16)6-5-20(9-14(15)21)29-7-8-30-20/h1-4,14-16H,5-9,24H2,(H2,25,26,27,28)/t14-,15+,16-,21-/m0/s1. The number of ether oxygens (including phenoxy) is 2. The Morgan fingerprint density at radius 3 is 2.53 bits per heavy atom. The van der Waals surface area contributed by atoms with Crippen LogP contribution in [0.5, 0.6) is 0 Å². The van der Waals surface area contributed by atoms with Gasteiger partial charge < -0.3 is 20.5 Å². The van der Waals surface area contributed by atoms with Crippen LogP contribution in [0.1, 0.15) is 30.7 Å². The molecule has 2 heterocycles. The van der Waals surface area contributed by atoms with Gasteiger partial charge in [0.15, 0.2) is 5.79 Å². The van der Waals surface area contributed by atoms with E-state index < -0.39 is 35.1 Å². The molecule has 9 heteroatoms. The highest BCUT2D eigenvalue weighted by molar-refractivity contribution is 9.10. The van der Waals surface area contributed by atoms with Crippen molar-refractivity contribution in [3.63, 3.8) is 0 Å². The molecule has 4 N–H and O–H groups in total. The number of urea groups is 1. The Kier molecular flexibility index (Phi) is 4.43. The summed E-state index contributed by atoms with van der Waals surface area (Å²) in [5.74, 6) is -2.73. The van der Waals surface area contributed by atoms with Crippen LogP contribution < -0.4 is 16.4 Å². The molecule has 4 atom stereocenters. The van der Waals surface area contributed by atoms with E-state index in [9.17, 15) is 14.9 Å². The molecule has 0 aromatic heterocycles. The summed E-state index contributed by atoms with van der Waals surface area (Å²) in [7, 11) is 0. The Morgan fingerprint density at radius 2 is 1.87 bits per heavy atom. The third kappa shape index (κ3) is 2.71. The molecule has 2 aliphatic carbocycles. The molecule has 156 valence electrons. The van der Waals surface area contributed by atoms with Crippen LogP contribution in [-0.4, -0.2) is 36.5 Å². The van der Waals surface area contributed by atoms with Crippen LogP contribution in [0, 0.1) is 23.2 Å². The van der Waals surface area contributed by atoms with Gasteiger partial charge in [0.1, 0.15) is 5.92 Å². The second kappa shape index (κ2) is 6.80. The molecule has 1 aromatic carbocycles. The normalized spacial score (nSPS) is 34.6. The summed E-state index contributed by atoms with van der Waals surface area (Å²) in [4.78, 5) is 25.3. The van der Waals surface area contributed by atoms with Gasteiger partial charge in [-0.3, -0.25) is 10.1 Å². The molecule has 2 saturated heterocycles. The fourth-order valence-electron chi connectivity index (χ4n) is 5.78. The van der Waals surface area contributed by atoms with E-state index >= 15 is 0 Å². The van der Waals surface area contributed by atoms with Crippen molar-refractivity contribution in [1.82, 2.24) is 10.6 Å². The molecule has 0 bridgehead atoms. The maximum Gasteiger partial charge on any atom is 0.321 e. The molecule has 3 amide bonds. The quantitative estimate of drug-likeness (QED) is 0.573. The van der Waals surface area contributed by atoms with Gasteiger partial charge in [-0.25, -0.2) is 4.79 Å². The van der Waals surface area contributed by atoms with Crippen molar-refractivity contribution in [2.75, 3.05) is 13.2 Å². The number of imide groups is 1. The average molecular weight is 473 g/mol. The number of nitriles is 1. The molecule has 5 rings (SSSR count). The fourth-order valence-corrected chi connectivity index (χ4v) is 6.05. The largest absolute Gasteiger partial charge is 0.400 e. The zero-order valence-electron chi connectivity index (χ0n) is 16.1. The van der Waals surface area contributed by atoms with Crippen LogP contribution in [-0.2, 0) is 14.3 Å². The second-order valence-electron chi connectivity index (χ2n) is 8.35. The number of carbonyl (C=O) groups is 2. The molecule has 1 saturated carbocycles. The number of hydrogen-bond donors (Lipinski definition) is 3. The third-order valence-corrected chi connectivity index (χ3v) is 7.50. The van der Waals surface area contributed by atoms with E-state index in [1.807, 2.05) is 24.3 Å². The number of allylic oxidation sites excluding steroid dienone is 1. The zero-order chi connectivity index (χ0) is 21.1. The first-order chi connectivity index (χ1) is 14.4. The van der Waals surface area contributed by atoms with Gasteiger partial charge in [-0.05, 0) is 30.0 Å². The number of hydrogen-bond acceptors (Lipinski definition) is 6. The highest BCUT2D eigenvalue weighted by atomic mass is 79.9. The van der Waals surface area contributed by atoms with E-state index in [4.69, 9.17) is 15.2 Å². The van der Waals surface area contributed by atoms with Crippen LogP contribution in [0.3, 0.4) is 0 Å². The number of rotatable bonds is 1. The van der Waals surface area contributed by atoms with Gasteiger partial charge in [-0.15, -0.1) is 0 Å². The molecule has 0 unspecified atom stereocenters. The first-order valence-corrected chi connectivity index (χ1v) is 10.7. The molecular formula is C21H21BrN4O4. The Balaban J connectivity index is 1.72. The summed E-state index contributed by atoms with van der Waals surface area (Å²) in [5, 5.41) is 15.4. The number of amides is 3. The number of nitrogens with two attached hydrogens (primary N) is 1. The van der Waals surface area contributed by atoms with Gasteiger partial charge in [-0.2, -0.15) is 5.26 Å². The lowest BCUT2D eigenvalue weighted by atomic mass is 9.53. The summed E-state index contributed by atoms with van der Waals surface area (Å²) in [6.45, 7) is 1.00. The highest BCUT2D eigenvalue weighted by Crippen LogP contribution is 2.58. The number of benzene rings is 1. The Bertz CT molecular complexity index is 995. The van der Waals surface area contributed by atoms with Crippen molar-refractivity contribution in [2.45, 2.75) is 36.5 Å². The first kappa shape index (κ1) is 19.5. The monoisotopic (exact) mass is 472 g/mol. The lowest BCUT2D eigenvalue weighted by molar-refractivity contribution is -0.206. The van der Waals surface area contributed by atoms with E-state index in [2.05, 4.69) is 32.6 Å². The average Bonchev–Trinajstić information content (AvgIpc) is 3.16. The van der Waals surface area contributed by atoms with Gasteiger partial charge in [0, 0.05) is 28.9 Å². The van der Waals surface area contributed by atoms with Crippen LogP contribution in [0.4, 0.5) is 4.79 Å². The topological polar surface area (TPSA) is 126 Å². The van der Waals surface area contributed by atoms with E-state index in [0.29, 0.717) is 38.0 Å². The number of halogens is 1. The SMILES string of the molecule is N#CC1=C(N)[C@H]2C(=O)NC(=O)N[C@]23CCC2(C[C@H]3[C@@H]1c1ccc(Br)cc1)OCCO2. The van der Waals surface area contributed by atoms with Gasteiger partial charge >= 0.3 is 6.03 Å². The van der Waals surface area contributed by atoms with Crippen molar-refractivity contribution < 1.29 is 19.1 Å². The van der Waals surface area contributed by atoms with Crippen molar-refractivity contribution in [2.24, 2.45) is 17.6 Å². The van der Waals surface area contributed by atoms with Gasteiger partial charge in [0.05, 0.1) is 30.4 Å².